The van der Waals surface area contributed by atoms with Crippen molar-refractivity contribution in [1.29, 1.82) is 0 Å². The van der Waals surface area contributed by atoms with E-state index in [0.717, 1.165) is 63.7 Å². The maximum absolute atomic E-state index is 12.1. The zero-order valence-corrected chi connectivity index (χ0v) is 15.0. The Hall–Kier alpha value is -0.620. The molecule has 0 bridgehead atoms. The van der Waals surface area contributed by atoms with Crippen LogP contribution in [0.15, 0.2) is 4.99 Å². The summed E-state index contributed by atoms with van der Waals surface area (Å²) in [7, 11) is -0.680. The van der Waals surface area contributed by atoms with Gasteiger partial charge in [-0.2, -0.15) is 0 Å². The van der Waals surface area contributed by atoms with Crippen LogP contribution in [0.2, 0.25) is 0 Å². The fraction of sp³-hybridized carbons (Fsp3) is 0.938. The van der Waals surface area contributed by atoms with Gasteiger partial charge in [-0.1, -0.05) is 20.3 Å². The lowest BCUT2D eigenvalue weighted by Crippen LogP contribution is -2.48. The third-order valence-electron chi connectivity index (χ3n) is 4.49. The Morgan fingerprint density at radius 3 is 2.73 bits per heavy atom. The number of nitrogens with one attached hydrogen (secondary N) is 2. The Bertz CT molecular complexity index is 410. The summed E-state index contributed by atoms with van der Waals surface area (Å²) in [6.07, 6.45) is 4.38. The Kier molecular flexibility index (Phi) is 6.68. The molecule has 5 nitrogen and oxygen atoms in total. The Balaban J connectivity index is 1.89. The molecule has 1 aliphatic heterocycles. The van der Waals surface area contributed by atoms with Crippen LogP contribution in [-0.4, -0.2) is 53.5 Å². The van der Waals surface area contributed by atoms with Crippen molar-refractivity contribution < 1.29 is 8.95 Å². The summed E-state index contributed by atoms with van der Waals surface area (Å²) in [4.78, 5) is 4.73. The fourth-order valence-corrected chi connectivity index (χ4v) is 4.42. The van der Waals surface area contributed by atoms with Crippen molar-refractivity contribution in [2.24, 2.45) is 10.4 Å². The van der Waals surface area contributed by atoms with E-state index in [1.165, 1.54) is 0 Å². The minimum Gasteiger partial charge on any atom is -0.380 e. The standard InChI is InChI=1S/C16H31N3O2S/c1-4-17-15(18-10-16(3)11-21-12-16)19-13-7-6-8-14(9-13)22(20)5-2/h13-14H,4-12H2,1-3H3,(H2,17,18,19). The van der Waals surface area contributed by atoms with Crippen molar-refractivity contribution in [2.45, 2.75) is 57.7 Å². The second kappa shape index (κ2) is 8.29. The van der Waals surface area contributed by atoms with Crippen LogP contribution < -0.4 is 10.6 Å². The van der Waals surface area contributed by atoms with Gasteiger partial charge in [0, 0.05) is 39.8 Å². The normalized spacial score (nSPS) is 29.5. The van der Waals surface area contributed by atoms with Crippen molar-refractivity contribution in [3.05, 3.63) is 0 Å². The van der Waals surface area contributed by atoms with Gasteiger partial charge in [-0.25, -0.2) is 0 Å². The maximum Gasteiger partial charge on any atom is 0.191 e. The minimum absolute atomic E-state index is 0.196. The van der Waals surface area contributed by atoms with Gasteiger partial charge in [-0.15, -0.1) is 0 Å². The third-order valence-corrected chi connectivity index (χ3v) is 6.23. The molecule has 0 aromatic carbocycles. The number of hydrogen-bond donors (Lipinski definition) is 2. The van der Waals surface area contributed by atoms with Crippen molar-refractivity contribution in [3.63, 3.8) is 0 Å². The van der Waals surface area contributed by atoms with Crippen molar-refractivity contribution >= 4 is 16.8 Å². The molecule has 3 atom stereocenters. The molecule has 0 aromatic heterocycles. The molecule has 0 radical (unpaired) electrons. The second-order valence-electron chi connectivity index (χ2n) is 6.80. The molecule has 0 aromatic rings. The molecule has 0 spiro atoms. The van der Waals surface area contributed by atoms with E-state index in [1.54, 1.807) is 0 Å². The topological polar surface area (TPSA) is 62.7 Å². The summed E-state index contributed by atoms with van der Waals surface area (Å²) in [6, 6.07) is 0.387. The molecule has 0 amide bonds. The van der Waals surface area contributed by atoms with Gasteiger partial charge >= 0.3 is 0 Å². The van der Waals surface area contributed by atoms with E-state index < -0.39 is 10.8 Å². The number of hydrogen-bond acceptors (Lipinski definition) is 3. The molecule has 1 aliphatic carbocycles. The van der Waals surface area contributed by atoms with Gasteiger partial charge in [0.1, 0.15) is 0 Å². The molecule has 6 heteroatoms. The first kappa shape index (κ1) is 17.7. The highest BCUT2D eigenvalue weighted by molar-refractivity contribution is 7.85. The Morgan fingerprint density at radius 1 is 1.36 bits per heavy atom. The molecule has 1 saturated carbocycles. The molecule has 1 heterocycles. The summed E-state index contributed by atoms with van der Waals surface area (Å²) in [5.74, 6) is 1.66. The van der Waals surface area contributed by atoms with Gasteiger partial charge in [0.15, 0.2) is 5.96 Å². The average Bonchev–Trinajstić information content (AvgIpc) is 2.50. The second-order valence-corrected chi connectivity index (χ2v) is 8.80. The van der Waals surface area contributed by atoms with Gasteiger partial charge in [0.05, 0.1) is 19.8 Å². The van der Waals surface area contributed by atoms with E-state index in [4.69, 9.17) is 9.73 Å². The average molecular weight is 330 g/mol. The molecule has 128 valence electrons. The van der Waals surface area contributed by atoms with Gasteiger partial charge < -0.3 is 15.4 Å². The van der Waals surface area contributed by atoms with Crippen LogP contribution in [0.25, 0.3) is 0 Å². The molecule has 2 fully saturated rings. The van der Waals surface area contributed by atoms with E-state index >= 15 is 0 Å². The largest absolute Gasteiger partial charge is 0.380 e. The number of nitrogens with zero attached hydrogens (tertiary/aromatic N) is 1. The first-order valence-corrected chi connectivity index (χ1v) is 9.94. The number of rotatable bonds is 6. The van der Waals surface area contributed by atoms with E-state index in [-0.39, 0.29) is 5.41 Å². The highest BCUT2D eigenvalue weighted by atomic mass is 32.2. The van der Waals surface area contributed by atoms with Crippen LogP contribution in [0.4, 0.5) is 0 Å². The van der Waals surface area contributed by atoms with Crippen LogP contribution in [0, 0.1) is 5.41 Å². The SMILES string of the molecule is CCNC(=NCC1(C)COC1)NC1CCCC(S(=O)CC)C1. The Morgan fingerprint density at radius 2 is 2.14 bits per heavy atom. The first-order valence-electron chi connectivity index (χ1n) is 8.56. The fourth-order valence-electron chi connectivity index (χ4n) is 3.08. The summed E-state index contributed by atoms with van der Waals surface area (Å²) in [5.41, 5.74) is 0.196. The first-order chi connectivity index (χ1) is 10.6. The van der Waals surface area contributed by atoms with Crippen molar-refractivity contribution in [1.82, 2.24) is 10.6 Å². The quantitative estimate of drug-likeness (QED) is 0.575. The van der Waals surface area contributed by atoms with Gasteiger partial charge in [-0.05, 0) is 26.2 Å². The molecule has 3 unspecified atom stereocenters. The van der Waals surface area contributed by atoms with Crippen LogP contribution in [-0.2, 0) is 15.5 Å². The van der Waals surface area contributed by atoms with Gasteiger partial charge in [-0.3, -0.25) is 9.20 Å². The van der Waals surface area contributed by atoms with Crippen LogP contribution in [0.1, 0.15) is 46.5 Å². The summed E-state index contributed by atoms with van der Waals surface area (Å²) < 4.78 is 17.3. The number of aliphatic imine (C=N–C) groups is 1. The smallest absolute Gasteiger partial charge is 0.191 e. The molecule has 2 N–H and O–H groups in total. The lowest BCUT2D eigenvalue weighted by Gasteiger charge is -2.37. The van der Waals surface area contributed by atoms with E-state index in [1.807, 2.05) is 6.92 Å². The zero-order valence-electron chi connectivity index (χ0n) is 14.2. The molecular formula is C16H31N3O2S. The van der Waals surface area contributed by atoms with Gasteiger partial charge in [0.2, 0.25) is 0 Å². The highest BCUT2D eigenvalue weighted by Gasteiger charge is 2.33. The number of guanidine groups is 1. The molecular weight excluding hydrogens is 298 g/mol. The van der Waals surface area contributed by atoms with Crippen molar-refractivity contribution in [2.75, 3.05) is 32.1 Å². The highest BCUT2D eigenvalue weighted by Crippen LogP contribution is 2.26. The van der Waals surface area contributed by atoms with Crippen LogP contribution in [0.3, 0.4) is 0 Å². The lowest BCUT2D eigenvalue weighted by atomic mass is 9.89. The minimum atomic E-state index is -0.680. The predicted octanol–water partition coefficient (Wildman–Crippen LogP) is 1.66. The van der Waals surface area contributed by atoms with Crippen LogP contribution >= 0.6 is 0 Å². The number of ether oxygens (including phenoxy) is 1. The van der Waals surface area contributed by atoms with Gasteiger partial charge in [0.25, 0.3) is 0 Å². The molecule has 2 rings (SSSR count). The predicted molar refractivity (Wildman–Crippen MR) is 92.8 cm³/mol. The maximum atomic E-state index is 12.1. The third kappa shape index (κ3) is 4.95. The zero-order chi connectivity index (χ0) is 16.0. The monoisotopic (exact) mass is 329 g/mol. The lowest BCUT2D eigenvalue weighted by molar-refractivity contribution is -0.0945. The van der Waals surface area contributed by atoms with Crippen molar-refractivity contribution in [3.8, 4) is 0 Å². The summed E-state index contributed by atoms with van der Waals surface area (Å²) in [6.45, 7) is 9.56. The van der Waals surface area contributed by atoms with Crippen LogP contribution in [0.5, 0.6) is 0 Å². The Labute approximate surface area is 137 Å². The summed E-state index contributed by atoms with van der Waals surface area (Å²) in [5, 5.41) is 7.23. The molecule has 1 saturated heterocycles. The molecule has 2 aliphatic rings. The summed E-state index contributed by atoms with van der Waals surface area (Å²) >= 11 is 0. The van der Waals surface area contributed by atoms with E-state index in [2.05, 4.69) is 24.5 Å². The van der Waals surface area contributed by atoms with E-state index in [0.29, 0.717) is 11.3 Å². The molecule has 22 heavy (non-hydrogen) atoms. The van der Waals surface area contributed by atoms with E-state index in [9.17, 15) is 4.21 Å².